The van der Waals surface area contributed by atoms with Crippen molar-refractivity contribution in [2.24, 2.45) is 5.10 Å². The highest BCUT2D eigenvalue weighted by atomic mass is 79.9. The van der Waals surface area contributed by atoms with Gasteiger partial charge in [0, 0.05) is 11.4 Å². The lowest BCUT2D eigenvalue weighted by molar-refractivity contribution is -0.123. The summed E-state index contributed by atoms with van der Waals surface area (Å²) in [6, 6.07) is 11.4. The largest absolute Gasteiger partial charge is 0.483 e. The van der Waals surface area contributed by atoms with Gasteiger partial charge >= 0.3 is 0 Å². The van der Waals surface area contributed by atoms with Gasteiger partial charge in [0.15, 0.2) is 6.61 Å². The van der Waals surface area contributed by atoms with Crippen molar-refractivity contribution >= 4 is 39.1 Å². The van der Waals surface area contributed by atoms with E-state index in [1.165, 1.54) is 0 Å². The van der Waals surface area contributed by atoms with Crippen LogP contribution in [-0.2, 0) is 9.59 Å². The zero-order valence-corrected chi connectivity index (χ0v) is 18.0. The Morgan fingerprint density at radius 3 is 2.32 bits per heavy atom. The van der Waals surface area contributed by atoms with E-state index >= 15 is 0 Å². The third-order valence-electron chi connectivity index (χ3n) is 3.74. The predicted molar refractivity (Wildman–Crippen MR) is 115 cm³/mol. The molecule has 0 saturated carbocycles. The fraction of sp³-hybridized carbons (Fsp3) is 0.286. The number of hydrazone groups is 1. The number of hydrogen-bond donors (Lipinski definition) is 2. The molecule has 2 amide bonds. The summed E-state index contributed by atoms with van der Waals surface area (Å²) in [4.78, 5) is 24.0. The fourth-order valence-electron chi connectivity index (χ4n) is 2.58. The van der Waals surface area contributed by atoms with Gasteiger partial charge in [-0.3, -0.25) is 9.59 Å². The Bertz CT molecular complexity index is 890. The standard InChI is InChI=1S/C21H24BrN3O3/c1-13-5-6-19(18(22)10-13)28-12-21(27)25-24-16(4)11-20(26)23-17-8-14(2)7-15(3)9-17/h5-10H,11-12H2,1-4H3,(H,23,26)(H,25,27)/b24-16-. The Labute approximate surface area is 173 Å². The van der Waals surface area contributed by atoms with E-state index in [1.807, 2.05) is 51.1 Å². The molecule has 0 saturated heterocycles. The van der Waals surface area contributed by atoms with E-state index in [4.69, 9.17) is 4.74 Å². The third kappa shape index (κ3) is 7.15. The quantitative estimate of drug-likeness (QED) is 0.493. The van der Waals surface area contributed by atoms with E-state index < -0.39 is 5.91 Å². The molecule has 0 spiro atoms. The second-order valence-corrected chi connectivity index (χ2v) is 7.56. The van der Waals surface area contributed by atoms with Gasteiger partial charge in [-0.2, -0.15) is 5.10 Å². The normalized spacial score (nSPS) is 11.1. The molecule has 0 aliphatic carbocycles. The monoisotopic (exact) mass is 445 g/mol. The molecule has 148 valence electrons. The number of halogens is 1. The first kappa shape index (κ1) is 21.6. The molecular weight excluding hydrogens is 422 g/mol. The summed E-state index contributed by atoms with van der Waals surface area (Å²) in [5, 5.41) is 6.79. The van der Waals surface area contributed by atoms with Crippen LogP contribution in [0.1, 0.15) is 30.0 Å². The van der Waals surface area contributed by atoms with Crippen LogP contribution in [0.5, 0.6) is 5.75 Å². The van der Waals surface area contributed by atoms with Crippen LogP contribution < -0.4 is 15.5 Å². The molecule has 2 rings (SSSR count). The van der Waals surface area contributed by atoms with E-state index in [9.17, 15) is 9.59 Å². The average Bonchev–Trinajstić information content (AvgIpc) is 2.58. The molecule has 0 fully saturated rings. The molecule has 0 unspecified atom stereocenters. The smallest absolute Gasteiger partial charge is 0.277 e. The maximum absolute atomic E-state index is 12.1. The second-order valence-electron chi connectivity index (χ2n) is 6.71. The zero-order valence-electron chi connectivity index (χ0n) is 16.4. The summed E-state index contributed by atoms with van der Waals surface area (Å²) >= 11 is 3.39. The number of anilines is 1. The molecule has 0 aliphatic rings. The van der Waals surface area contributed by atoms with Gasteiger partial charge in [-0.25, -0.2) is 5.43 Å². The third-order valence-corrected chi connectivity index (χ3v) is 4.36. The van der Waals surface area contributed by atoms with Gasteiger partial charge < -0.3 is 10.1 Å². The van der Waals surface area contributed by atoms with Crippen molar-refractivity contribution in [1.82, 2.24) is 5.43 Å². The molecule has 0 bridgehead atoms. The number of nitrogens with zero attached hydrogens (tertiary/aromatic N) is 1. The number of rotatable bonds is 7. The molecule has 2 N–H and O–H groups in total. The molecule has 0 radical (unpaired) electrons. The van der Waals surface area contributed by atoms with E-state index in [0.717, 1.165) is 26.9 Å². The molecule has 2 aromatic carbocycles. The van der Waals surface area contributed by atoms with Crippen LogP contribution in [0.4, 0.5) is 5.69 Å². The summed E-state index contributed by atoms with van der Waals surface area (Å²) in [6.45, 7) is 7.42. The number of aryl methyl sites for hydroxylation is 3. The summed E-state index contributed by atoms with van der Waals surface area (Å²) in [6.07, 6.45) is 0.0810. The molecule has 0 aliphatic heterocycles. The predicted octanol–water partition coefficient (Wildman–Crippen LogP) is 4.27. The maximum atomic E-state index is 12.1. The molecule has 6 nitrogen and oxygen atoms in total. The number of carbonyl (C=O) groups excluding carboxylic acids is 2. The Hall–Kier alpha value is -2.67. The SMILES string of the molecule is C/C(CC(=O)Nc1cc(C)cc(C)c1)=N/NC(=O)COc1ccc(C)cc1Br. The molecule has 2 aromatic rings. The van der Waals surface area contributed by atoms with Crippen LogP contribution in [0.15, 0.2) is 46.0 Å². The lowest BCUT2D eigenvalue weighted by Gasteiger charge is -2.09. The first-order chi connectivity index (χ1) is 13.2. The minimum absolute atomic E-state index is 0.0810. The van der Waals surface area contributed by atoms with Gasteiger partial charge in [-0.15, -0.1) is 0 Å². The van der Waals surface area contributed by atoms with Crippen molar-refractivity contribution in [1.29, 1.82) is 0 Å². The summed E-state index contributed by atoms with van der Waals surface area (Å²) in [5.74, 6) is -0.0174. The van der Waals surface area contributed by atoms with Gasteiger partial charge in [0.1, 0.15) is 5.75 Å². The lowest BCUT2D eigenvalue weighted by atomic mass is 10.1. The molecular formula is C21H24BrN3O3. The van der Waals surface area contributed by atoms with Crippen molar-refractivity contribution in [2.75, 3.05) is 11.9 Å². The van der Waals surface area contributed by atoms with Gasteiger partial charge in [0.05, 0.1) is 10.9 Å². The first-order valence-electron chi connectivity index (χ1n) is 8.82. The number of carbonyl (C=O) groups is 2. The summed E-state index contributed by atoms with van der Waals surface area (Å²) in [5.41, 5.74) is 6.88. The Kier molecular flexibility index (Phi) is 7.75. The van der Waals surface area contributed by atoms with Gasteiger partial charge in [0.2, 0.25) is 5.91 Å². The molecule has 0 heterocycles. The number of ether oxygens (including phenoxy) is 1. The molecule has 28 heavy (non-hydrogen) atoms. The van der Waals surface area contributed by atoms with Crippen LogP contribution in [0, 0.1) is 20.8 Å². The Balaban J connectivity index is 1.80. The Morgan fingerprint density at radius 2 is 1.68 bits per heavy atom. The van der Waals surface area contributed by atoms with Crippen molar-refractivity contribution in [3.8, 4) is 5.75 Å². The van der Waals surface area contributed by atoms with Crippen molar-refractivity contribution in [2.45, 2.75) is 34.1 Å². The number of benzene rings is 2. The minimum Gasteiger partial charge on any atom is -0.483 e. The highest BCUT2D eigenvalue weighted by molar-refractivity contribution is 9.10. The van der Waals surface area contributed by atoms with Crippen LogP contribution >= 0.6 is 15.9 Å². The van der Waals surface area contributed by atoms with E-state index in [2.05, 4.69) is 31.8 Å². The van der Waals surface area contributed by atoms with Crippen LogP contribution in [0.25, 0.3) is 0 Å². The van der Waals surface area contributed by atoms with Crippen LogP contribution in [-0.4, -0.2) is 24.1 Å². The fourth-order valence-corrected chi connectivity index (χ4v) is 3.19. The number of hydrogen-bond acceptors (Lipinski definition) is 4. The van der Waals surface area contributed by atoms with Gasteiger partial charge in [-0.1, -0.05) is 12.1 Å². The topological polar surface area (TPSA) is 79.8 Å². The zero-order chi connectivity index (χ0) is 20.7. The Morgan fingerprint density at radius 1 is 1.00 bits per heavy atom. The highest BCUT2D eigenvalue weighted by Gasteiger charge is 2.08. The van der Waals surface area contributed by atoms with Crippen LogP contribution in [0.2, 0.25) is 0 Å². The second kappa shape index (κ2) is 10.0. The average molecular weight is 446 g/mol. The van der Waals surface area contributed by atoms with Crippen molar-refractivity contribution < 1.29 is 14.3 Å². The van der Waals surface area contributed by atoms with Crippen LogP contribution in [0.3, 0.4) is 0 Å². The minimum atomic E-state index is -0.401. The van der Waals surface area contributed by atoms with E-state index in [0.29, 0.717) is 11.5 Å². The van der Waals surface area contributed by atoms with Crippen molar-refractivity contribution in [3.05, 3.63) is 57.6 Å². The molecule has 0 atom stereocenters. The number of amides is 2. The van der Waals surface area contributed by atoms with Crippen molar-refractivity contribution in [3.63, 3.8) is 0 Å². The first-order valence-corrected chi connectivity index (χ1v) is 9.61. The maximum Gasteiger partial charge on any atom is 0.277 e. The van der Waals surface area contributed by atoms with Gasteiger partial charge in [0.25, 0.3) is 5.91 Å². The number of nitrogens with one attached hydrogen (secondary N) is 2. The highest BCUT2D eigenvalue weighted by Crippen LogP contribution is 2.25. The van der Waals surface area contributed by atoms with E-state index in [-0.39, 0.29) is 18.9 Å². The molecule has 7 heteroatoms. The summed E-state index contributed by atoms with van der Waals surface area (Å²) in [7, 11) is 0. The summed E-state index contributed by atoms with van der Waals surface area (Å²) < 4.78 is 6.24. The molecule has 0 aromatic heterocycles. The lowest BCUT2D eigenvalue weighted by Crippen LogP contribution is -2.26. The van der Waals surface area contributed by atoms with Gasteiger partial charge in [-0.05, 0) is 84.6 Å². The van der Waals surface area contributed by atoms with E-state index in [1.54, 1.807) is 13.0 Å².